The third-order valence-electron chi connectivity index (χ3n) is 2.58. The number of hydrogen-bond donors (Lipinski definition) is 1. The summed E-state index contributed by atoms with van der Waals surface area (Å²) in [6.45, 7) is 1.54. The zero-order valence-electron chi connectivity index (χ0n) is 10.8. The number of nitrogens with zero attached hydrogens (tertiary/aromatic N) is 1. The summed E-state index contributed by atoms with van der Waals surface area (Å²) in [5, 5.41) is 0. The summed E-state index contributed by atoms with van der Waals surface area (Å²) in [4.78, 5) is 14.6. The second-order valence-corrected chi connectivity index (χ2v) is 5.67. The van der Waals surface area contributed by atoms with E-state index in [0.29, 0.717) is 36.7 Å². The van der Waals surface area contributed by atoms with E-state index in [4.69, 9.17) is 22.7 Å². The van der Waals surface area contributed by atoms with Crippen molar-refractivity contribution in [1.29, 1.82) is 0 Å². The topological polar surface area (TPSA) is 55.6 Å². The Morgan fingerprint density at radius 3 is 2.68 bits per heavy atom. The van der Waals surface area contributed by atoms with Gasteiger partial charge in [0.25, 0.3) is 5.91 Å². The monoisotopic (exact) mass is 392 g/mol. The molecule has 1 aromatic carbocycles. The average molecular weight is 392 g/mol. The third-order valence-corrected chi connectivity index (χ3v) is 3.73. The largest absolute Gasteiger partial charge is 0.393 e. The second-order valence-electron chi connectivity index (χ2n) is 3.98. The maximum Gasteiger partial charge on any atom is 0.255 e. The van der Waals surface area contributed by atoms with Gasteiger partial charge in [0.1, 0.15) is 0 Å². The molecule has 0 heterocycles. The third kappa shape index (κ3) is 5.42. The van der Waals surface area contributed by atoms with E-state index in [-0.39, 0.29) is 5.91 Å². The molecule has 0 fully saturated rings. The van der Waals surface area contributed by atoms with E-state index >= 15 is 0 Å². The highest BCUT2D eigenvalue weighted by molar-refractivity contribution is 14.1. The molecule has 2 N–H and O–H groups in total. The lowest BCUT2D eigenvalue weighted by molar-refractivity contribution is 0.0700. The van der Waals surface area contributed by atoms with Crippen molar-refractivity contribution in [2.24, 2.45) is 5.73 Å². The molecule has 1 rings (SSSR count). The molecule has 0 bridgehead atoms. The lowest BCUT2D eigenvalue weighted by atomic mass is 10.2. The Hall–Kier alpha value is -0.730. The highest BCUT2D eigenvalue weighted by atomic mass is 127. The number of ether oxygens (including phenoxy) is 1. The van der Waals surface area contributed by atoms with Crippen molar-refractivity contribution in [2.45, 2.75) is 6.42 Å². The molecule has 0 atom stereocenters. The van der Waals surface area contributed by atoms with Gasteiger partial charge in [0.2, 0.25) is 0 Å². The van der Waals surface area contributed by atoms with Crippen molar-refractivity contribution in [1.82, 2.24) is 4.90 Å². The Balaban J connectivity index is 2.81. The number of halogens is 1. The molecule has 6 heteroatoms. The molecule has 0 aliphatic heterocycles. The first-order valence-electron chi connectivity index (χ1n) is 5.87. The number of carbonyl (C=O) groups excluding carboxylic acids is 1. The minimum absolute atomic E-state index is 0.0155. The number of nitrogens with two attached hydrogens (primary N) is 1. The van der Waals surface area contributed by atoms with Gasteiger partial charge in [-0.2, -0.15) is 0 Å². The molecule has 0 saturated heterocycles. The predicted octanol–water partition coefficient (Wildman–Crippen LogP) is 2.06. The van der Waals surface area contributed by atoms with Gasteiger partial charge in [-0.25, -0.2) is 0 Å². The zero-order valence-corrected chi connectivity index (χ0v) is 13.7. The molecular weight excluding hydrogens is 375 g/mol. The molecule has 1 aromatic rings. The van der Waals surface area contributed by atoms with E-state index in [9.17, 15) is 4.79 Å². The number of amides is 1. The number of carbonyl (C=O) groups is 1. The van der Waals surface area contributed by atoms with Gasteiger partial charge in [0, 0.05) is 30.2 Å². The predicted molar refractivity (Wildman–Crippen MR) is 88.3 cm³/mol. The summed E-state index contributed by atoms with van der Waals surface area (Å²) in [6.07, 6.45) is 0.522. The molecule has 0 aromatic heterocycles. The van der Waals surface area contributed by atoms with Crippen molar-refractivity contribution in [3.8, 4) is 0 Å². The number of benzene rings is 1. The summed E-state index contributed by atoms with van der Waals surface area (Å²) >= 11 is 7.02. The van der Waals surface area contributed by atoms with Gasteiger partial charge in [-0.15, -0.1) is 0 Å². The van der Waals surface area contributed by atoms with Crippen LogP contribution < -0.4 is 5.73 Å². The van der Waals surface area contributed by atoms with E-state index in [1.807, 2.05) is 24.3 Å². The molecule has 0 aliphatic rings. The first kappa shape index (κ1) is 16.3. The van der Waals surface area contributed by atoms with Crippen LogP contribution in [0.25, 0.3) is 0 Å². The highest BCUT2D eigenvalue weighted by Gasteiger charge is 2.17. The quantitative estimate of drug-likeness (QED) is 0.570. The molecule has 4 nitrogen and oxygen atoms in total. The Morgan fingerprint density at radius 1 is 1.42 bits per heavy atom. The molecule has 19 heavy (non-hydrogen) atoms. The molecule has 0 aliphatic carbocycles. The molecule has 0 radical (unpaired) electrons. The minimum Gasteiger partial charge on any atom is -0.393 e. The summed E-state index contributed by atoms with van der Waals surface area (Å²) in [5.74, 6) is -0.0155. The number of methoxy groups -OCH3 is 1. The van der Waals surface area contributed by atoms with Crippen LogP contribution in [0.2, 0.25) is 0 Å². The lowest BCUT2D eigenvalue weighted by Crippen LogP contribution is -2.36. The van der Waals surface area contributed by atoms with E-state index in [2.05, 4.69) is 22.6 Å². The van der Waals surface area contributed by atoms with Crippen molar-refractivity contribution in [3.05, 3.63) is 33.4 Å². The van der Waals surface area contributed by atoms with Crippen LogP contribution >= 0.6 is 34.8 Å². The van der Waals surface area contributed by atoms with Crippen molar-refractivity contribution in [2.75, 3.05) is 26.8 Å². The standard InChI is InChI=1S/C13H17IN2O2S/c1-18-9-8-16(7-6-12(15)19)13(17)10-4-2-3-5-11(10)14/h2-5H,6-9H2,1H3,(H2,15,19). The first-order valence-corrected chi connectivity index (χ1v) is 7.36. The summed E-state index contributed by atoms with van der Waals surface area (Å²) < 4.78 is 5.97. The first-order chi connectivity index (χ1) is 9.06. The van der Waals surface area contributed by atoms with Gasteiger partial charge in [0.05, 0.1) is 17.2 Å². The van der Waals surface area contributed by atoms with Gasteiger partial charge < -0.3 is 15.4 Å². The maximum absolute atomic E-state index is 12.5. The fraction of sp³-hybridized carbons (Fsp3) is 0.385. The van der Waals surface area contributed by atoms with Crippen LogP contribution in [-0.2, 0) is 4.74 Å². The Kier molecular flexibility index (Phi) is 7.25. The zero-order chi connectivity index (χ0) is 14.3. The number of hydrogen-bond acceptors (Lipinski definition) is 3. The second kappa shape index (κ2) is 8.44. The van der Waals surface area contributed by atoms with Crippen LogP contribution in [0.5, 0.6) is 0 Å². The van der Waals surface area contributed by atoms with Crippen LogP contribution in [0.4, 0.5) is 0 Å². The van der Waals surface area contributed by atoms with E-state index in [1.54, 1.807) is 12.0 Å². The maximum atomic E-state index is 12.5. The Bertz CT molecular complexity index is 454. The van der Waals surface area contributed by atoms with Gasteiger partial charge in [-0.05, 0) is 34.7 Å². The average Bonchev–Trinajstić information content (AvgIpc) is 2.38. The number of rotatable bonds is 7. The molecule has 0 saturated carbocycles. The van der Waals surface area contributed by atoms with E-state index in [1.165, 1.54) is 0 Å². The summed E-state index contributed by atoms with van der Waals surface area (Å²) in [5.41, 5.74) is 6.20. The van der Waals surface area contributed by atoms with Crippen molar-refractivity contribution >= 4 is 45.7 Å². The molecule has 0 spiro atoms. The van der Waals surface area contributed by atoms with Crippen molar-refractivity contribution < 1.29 is 9.53 Å². The fourth-order valence-corrected chi connectivity index (χ4v) is 2.28. The fourth-order valence-electron chi connectivity index (χ4n) is 1.57. The number of thiocarbonyl (C=S) groups is 1. The van der Waals surface area contributed by atoms with Crippen LogP contribution in [0.15, 0.2) is 24.3 Å². The molecule has 0 unspecified atom stereocenters. The van der Waals surface area contributed by atoms with Gasteiger partial charge >= 0.3 is 0 Å². The SMILES string of the molecule is COCCN(CCC(N)=S)C(=O)c1ccccc1I. The normalized spacial score (nSPS) is 10.2. The van der Waals surface area contributed by atoms with Crippen LogP contribution in [0.3, 0.4) is 0 Å². The van der Waals surface area contributed by atoms with Crippen LogP contribution in [0, 0.1) is 3.57 Å². The van der Waals surface area contributed by atoms with Gasteiger partial charge in [-0.1, -0.05) is 24.4 Å². The van der Waals surface area contributed by atoms with E-state index in [0.717, 1.165) is 3.57 Å². The summed E-state index contributed by atoms with van der Waals surface area (Å²) in [7, 11) is 1.61. The molecule has 104 valence electrons. The molecule has 1 amide bonds. The van der Waals surface area contributed by atoms with Crippen LogP contribution in [-0.4, -0.2) is 42.6 Å². The van der Waals surface area contributed by atoms with Gasteiger partial charge in [0.15, 0.2) is 0 Å². The summed E-state index contributed by atoms with van der Waals surface area (Å²) in [6, 6.07) is 7.51. The van der Waals surface area contributed by atoms with Crippen molar-refractivity contribution in [3.63, 3.8) is 0 Å². The smallest absolute Gasteiger partial charge is 0.255 e. The highest BCUT2D eigenvalue weighted by Crippen LogP contribution is 2.14. The minimum atomic E-state index is -0.0155. The Labute approximate surface area is 132 Å². The lowest BCUT2D eigenvalue weighted by Gasteiger charge is -2.22. The van der Waals surface area contributed by atoms with Crippen LogP contribution in [0.1, 0.15) is 16.8 Å². The van der Waals surface area contributed by atoms with Gasteiger partial charge in [-0.3, -0.25) is 4.79 Å². The van der Waals surface area contributed by atoms with E-state index < -0.39 is 0 Å². The molecular formula is C13H17IN2O2S. The Morgan fingerprint density at radius 2 is 2.11 bits per heavy atom.